The minimum atomic E-state index is -3.68. The summed E-state index contributed by atoms with van der Waals surface area (Å²) in [4.78, 5) is 0.0979. The lowest BCUT2D eigenvalue weighted by atomic mass is 10.1. The molecule has 2 aromatic carbocycles. The maximum atomic E-state index is 12.4. The number of anilines is 2. The van der Waals surface area contributed by atoms with Crippen LogP contribution in [0.2, 0.25) is 0 Å². The number of sulfonamides is 1. The van der Waals surface area contributed by atoms with E-state index in [0.29, 0.717) is 11.4 Å². The lowest BCUT2D eigenvalue weighted by molar-refractivity contribution is 0.416. The first-order valence-electron chi connectivity index (χ1n) is 6.37. The summed E-state index contributed by atoms with van der Waals surface area (Å²) in [6.45, 7) is 3.81. The molecule has 0 bridgehead atoms. The van der Waals surface area contributed by atoms with Crippen LogP contribution < -0.4 is 15.2 Å². The summed E-state index contributed by atoms with van der Waals surface area (Å²) >= 11 is 0. The first kappa shape index (κ1) is 15.2. The Morgan fingerprint density at radius 1 is 1.10 bits per heavy atom. The minimum absolute atomic E-state index is 0.0979. The summed E-state index contributed by atoms with van der Waals surface area (Å²) in [5.41, 5.74) is 8.52. The lowest BCUT2D eigenvalue weighted by Gasteiger charge is -2.12. The molecule has 0 heterocycles. The number of aryl methyl sites for hydroxylation is 2. The van der Waals surface area contributed by atoms with Crippen molar-refractivity contribution in [3.05, 3.63) is 47.5 Å². The number of nitrogens with two attached hydrogens (primary N) is 1. The maximum Gasteiger partial charge on any atom is 0.261 e. The van der Waals surface area contributed by atoms with Gasteiger partial charge in [0.15, 0.2) is 0 Å². The van der Waals surface area contributed by atoms with Gasteiger partial charge < -0.3 is 10.5 Å². The standard InChI is InChI=1S/C15H18N2O3S/c1-10-4-6-14(11(2)8-10)17-21(18,19)12-5-7-15(20-3)13(16)9-12/h4-9,17H,16H2,1-3H3. The van der Waals surface area contributed by atoms with E-state index in [0.717, 1.165) is 11.1 Å². The minimum Gasteiger partial charge on any atom is -0.495 e. The van der Waals surface area contributed by atoms with Crippen LogP contribution in [-0.2, 0) is 10.0 Å². The summed E-state index contributed by atoms with van der Waals surface area (Å²) in [5, 5.41) is 0. The Hall–Kier alpha value is -2.21. The summed E-state index contributed by atoms with van der Waals surface area (Å²) in [7, 11) is -2.20. The number of methoxy groups -OCH3 is 1. The molecule has 0 atom stereocenters. The molecular formula is C15H18N2O3S. The second-order valence-electron chi connectivity index (χ2n) is 4.83. The molecule has 2 aromatic rings. The number of nitrogen functional groups attached to an aromatic ring is 1. The Morgan fingerprint density at radius 2 is 1.81 bits per heavy atom. The molecule has 0 radical (unpaired) electrons. The molecule has 0 aliphatic carbocycles. The van der Waals surface area contributed by atoms with Crippen LogP contribution in [0.5, 0.6) is 5.75 Å². The van der Waals surface area contributed by atoms with E-state index in [-0.39, 0.29) is 10.6 Å². The third-order valence-electron chi connectivity index (χ3n) is 3.14. The summed E-state index contributed by atoms with van der Waals surface area (Å²) < 4.78 is 32.4. The van der Waals surface area contributed by atoms with Crippen molar-refractivity contribution in [2.75, 3.05) is 17.6 Å². The van der Waals surface area contributed by atoms with Gasteiger partial charge in [-0.15, -0.1) is 0 Å². The van der Waals surface area contributed by atoms with E-state index in [9.17, 15) is 8.42 Å². The quantitative estimate of drug-likeness (QED) is 0.851. The first-order chi connectivity index (χ1) is 9.83. The molecule has 0 saturated carbocycles. The highest BCUT2D eigenvalue weighted by atomic mass is 32.2. The molecule has 0 aromatic heterocycles. The van der Waals surface area contributed by atoms with E-state index in [1.54, 1.807) is 6.07 Å². The third kappa shape index (κ3) is 3.28. The smallest absolute Gasteiger partial charge is 0.261 e. The van der Waals surface area contributed by atoms with Crippen molar-refractivity contribution in [2.45, 2.75) is 18.7 Å². The van der Waals surface area contributed by atoms with Gasteiger partial charge in [0.1, 0.15) is 5.75 Å². The Labute approximate surface area is 124 Å². The molecule has 6 heteroatoms. The van der Waals surface area contributed by atoms with Crippen molar-refractivity contribution < 1.29 is 13.2 Å². The first-order valence-corrected chi connectivity index (χ1v) is 7.85. The van der Waals surface area contributed by atoms with Gasteiger partial charge in [0.05, 0.1) is 23.4 Å². The van der Waals surface area contributed by atoms with E-state index in [4.69, 9.17) is 10.5 Å². The fourth-order valence-corrected chi connectivity index (χ4v) is 3.18. The topological polar surface area (TPSA) is 81.4 Å². The average Bonchev–Trinajstić information content (AvgIpc) is 2.42. The molecule has 112 valence electrons. The Bertz CT molecular complexity index is 770. The number of ether oxygens (including phenoxy) is 1. The normalized spacial score (nSPS) is 11.2. The number of rotatable bonds is 4. The number of benzene rings is 2. The Balaban J connectivity index is 2.36. The van der Waals surface area contributed by atoms with Crippen molar-refractivity contribution in [1.82, 2.24) is 0 Å². The molecule has 0 spiro atoms. The molecule has 3 N–H and O–H groups in total. The second-order valence-corrected chi connectivity index (χ2v) is 6.51. The Morgan fingerprint density at radius 3 is 2.38 bits per heavy atom. The van der Waals surface area contributed by atoms with E-state index < -0.39 is 10.0 Å². The predicted octanol–water partition coefficient (Wildman–Crippen LogP) is 2.70. The third-order valence-corrected chi connectivity index (χ3v) is 4.50. The van der Waals surface area contributed by atoms with Gasteiger partial charge in [-0.1, -0.05) is 17.7 Å². The zero-order valence-corrected chi connectivity index (χ0v) is 13.0. The Kier molecular flexibility index (Phi) is 4.09. The molecule has 2 rings (SSSR count). The van der Waals surface area contributed by atoms with E-state index in [2.05, 4.69) is 4.72 Å². The number of hydrogen-bond acceptors (Lipinski definition) is 4. The zero-order valence-electron chi connectivity index (χ0n) is 12.2. The van der Waals surface area contributed by atoms with Crippen molar-refractivity contribution >= 4 is 21.4 Å². The highest BCUT2D eigenvalue weighted by Gasteiger charge is 2.16. The van der Waals surface area contributed by atoms with Crippen molar-refractivity contribution in [3.8, 4) is 5.75 Å². The summed E-state index contributed by atoms with van der Waals surface area (Å²) in [6, 6.07) is 9.89. The van der Waals surface area contributed by atoms with Crippen LogP contribution in [0.1, 0.15) is 11.1 Å². The van der Waals surface area contributed by atoms with Gasteiger partial charge in [-0.25, -0.2) is 8.42 Å². The van der Waals surface area contributed by atoms with Crippen LogP contribution in [-0.4, -0.2) is 15.5 Å². The molecule has 21 heavy (non-hydrogen) atoms. The largest absolute Gasteiger partial charge is 0.495 e. The molecule has 0 unspecified atom stereocenters. The lowest BCUT2D eigenvalue weighted by Crippen LogP contribution is -2.14. The molecule has 0 aliphatic heterocycles. The number of nitrogens with one attached hydrogen (secondary N) is 1. The molecule has 0 amide bonds. The molecular weight excluding hydrogens is 288 g/mol. The molecule has 0 saturated heterocycles. The number of hydrogen-bond donors (Lipinski definition) is 2. The molecule has 0 aliphatic rings. The van der Waals surface area contributed by atoms with E-state index in [1.165, 1.54) is 25.3 Å². The van der Waals surface area contributed by atoms with Crippen LogP contribution >= 0.6 is 0 Å². The predicted molar refractivity (Wildman–Crippen MR) is 84.1 cm³/mol. The SMILES string of the molecule is COc1ccc(S(=O)(=O)Nc2ccc(C)cc2C)cc1N. The molecule has 5 nitrogen and oxygen atoms in total. The fourth-order valence-electron chi connectivity index (χ4n) is 2.01. The summed E-state index contributed by atoms with van der Waals surface area (Å²) in [5.74, 6) is 0.445. The average molecular weight is 306 g/mol. The maximum absolute atomic E-state index is 12.4. The summed E-state index contributed by atoms with van der Waals surface area (Å²) in [6.07, 6.45) is 0. The molecule has 0 fully saturated rings. The van der Waals surface area contributed by atoms with E-state index in [1.807, 2.05) is 26.0 Å². The van der Waals surface area contributed by atoms with Gasteiger partial charge in [0.2, 0.25) is 0 Å². The van der Waals surface area contributed by atoms with Gasteiger partial charge in [-0.2, -0.15) is 0 Å². The fraction of sp³-hybridized carbons (Fsp3) is 0.200. The highest BCUT2D eigenvalue weighted by Crippen LogP contribution is 2.26. The van der Waals surface area contributed by atoms with Gasteiger partial charge >= 0.3 is 0 Å². The van der Waals surface area contributed by atoms with Crippen molar-refractivity contribution in [2.24, 2.45) is 0 Å². The zero-order chi connectivity index (χ0) is 15.6. The van der Waals surface area contributed by atoms with Crippen LogP contribution in [0.15, 0.2) is 41.3 Å². The van der Waals surface area contributed by atoms with Crippen LogP contribution in [0.4, 0.5) is 11.4 Å². The highest BCUT2D eigenvalue weighted by molar-refractivity contribution is 7.92. The van der Waals surface area contributed by atoms with Crippen LogP contribution in [0.25, 0.3) is 0 Å². The van der Waals surface area contributed by atoms with Crippen molar-refractivity contribution in [3.63, 3.8) is 0 Å². The van der Waals surface area contributed by atoms with E-state index >= 15 is 0 Å². The monoisotopic (exact) mass is 306 g/mol. The second kappa shape index (κ2) is 5.65. The van der Waals surface area contributed by atoms with Crippen LogP contribution in [0, 0.1) is 13.8 Å². The van der Waals surface area contributed by atoms with Gasteiger partial charge in [-0.3, -0.25) is 4.72 Å². The van der Waals surface area contributed by atoms with Gasteiger partial charge in [0, 0.05) is 0 Å². The van der Waals surface area contributed by atoms with Gasteiger partial charge in [0.25, 0.3) is 10.0 Å². The van der Waals surface area contributed by atoms with Crippen LogP contribution in [0.3, 0.4) is 0 Å². The van der Waals surface area contributed by atoms with Gasteiger partial charge in [-0.05, 0) is 43.7 Å². The van der Waals surface area contributed by atoms with Crippen molar-refractivity contribution in [1.29, 1.82) is 0 Å².